The van der Waals surface area contributed by atoms with Crippen LogP contribution in [0.25, 0.3) is 0 Å². The van der Waals surface area contributed by atoms with E-state index in [1.165, 1.54) is 11.8 Å². The molecule has 0 aromatic carbocycles. The van der Waals surface area contributed by atoms with Crippen molar-refractivity contribution < 1.29 is 4.79 Å². The summed E-state index contributed by atoms with van der Waals surface area (Å²) in [7, 11) is 0. The van der Waals surface area contributed by atoms with Gasteiger partial charge < -0.3 is 11.1 Å². The maximum absolute atomic E-state index is 11.7. The summed E-state index contributed by atoms with van der Waals surface area (Å²) in [6.07, 6.45) is 4.20. The highest BCUT2D eigenvalue weighted by Crippen LogP contribution is 2.36. The number of nitrogens with two attached hydrogens (primary N) is 1. The monoisotopic (exact) mass is 297 g/mol. The van der Waals surface area contributed by atoms with Gasteiger partial charge in [0, 0.05) is 17.8 Å². The quantitative estimate of drug-likeness (QED) is 0.614. The number of nitrogens with one attached hydrogen (secondary N) is 2. The lowest BCUT2D eigenvalue weighted by molar-refractivity contribution is -0.123. The molecule has 2 aliphatic rings. The fraction of sp³-hybridized carbons (Fsp3) is 0.750. The second-order valence-corrected chi connectivity index (χ2v) is 6.76. The highest BCUT2D eigenvalue weighted by Gasteiger charge is 2.38. The number of nitrogens with zero attached hydrogens (tertiary/aromatic N) is 2. The van der Waals surface area contributed by atoms with Crippen LogP contribution in [-0.2, 0) is 4.79 Å². The Labute approximate surface area is 120 Å². The number of hydrogen-bond donors (Lipinski definition) is 3. The van der Waals surface area contributed by atoms with Gasteiger partial charge in [-0.05, 0) is 32.6 Å². The van der Waals surface area contributed by atoms with Crippen LogP contribution in [-0.4, -0.2) is 38.0 Å². The minimum Gasteiger partial charge on any atom is -0.368 e. The van der Waals surface area contributed by atoms with Crippen molar-refractivity contribution in [2.75, 3.05) is 5.75 Å². The van der Waals surface area contributed by atoms with E-state index in [1.54, 1.807) is 4.57 Å². The van der Waals surface area contributed by atoms with Gasteiger partial charge in [-0.25, -0.2) is 9.89 Å². The second kappa shape index (κ2) is 4.92. The van der Waals surface area contributed by atoms with Crippen molar-refractivity contribution in [2.24, 2.45) is 5.73 Å². The van der Waals surface area contributed by atoms with Crippen molar-refractivity contribution in [1.82, 2.24) is 20.1 Å². The molecule has 8 heteroatoms. The zero-order valence-electron chi connectivity index (χ0n) is 11.4. The lowest BCUT2D eigenvalue weighted by atomic mass is 10.1. The van der Waals surface area contributed by atoms with Crippen molar-refractivity contribution in [1.29, 1.82) is 0 Å². The average Bonchev–Trinajstić information content (AvgIpc) is 3.29. The van der Waals surface area contributed by atoms with E-state index in [0.717, 1.165) is 25.7 Å². The molecule has 1 heterocycles. The molecule has 0 radical (unpaired) electrons. The largest absolute Gasteiger partial charge is 0.368 e. The predicted molar refractivity (Wildman–Crippen MR) is 75.6 cm³/mol. The van der Waals surface area contributed by atoms with Gasteiger partial charge in [-0.3, -0.25) is 9.36 Å². The molecule has 3 rings (SSSR count). The number of carbonyl (C=O) groups is 1. The Morgan fingerprint density at radius 1 is 1.55 bits per heavy atom. The molecule has 110 valence electrons. The molecule has 2 aliphatic carbocycles. The number of amides is 1. The summed E-state index contributed by atoms with van der Waals surface area (Å²) in [4.78, 5) is 23.4. The SMILES string of the molecule is CC(CSc1n[nH]c(=O)n1C1CC1)(NC1CC1)C(N)=O. The fourth-order valence-electron chi connectivity index (χ4n) is 2.12. The number of carbonyl (C=O) groups excluding carboxylic acids is 1. The third-order valence-corrected chi connectivity index (χ3v) is 4.99. The number of aromatic amines is 1. The van der Waals surface area contributed by atoms with E-state index in [-0.39, 0.29) is 17.6 Å². The minimum atomic E-state index is -0.769. The molecule has 20 heavy (non-hydrogen) atoms. The van der Waals surface area contributed by atoms with E-state index in [2.05, 4.69) is 15.5 Å². The Bertz CT molecular complexity index is 575. The molecule has 2 saturated carbocycles. The number of aromatic nitrogens is 3. The maximum Gasteiger partial charge on any atom is 0.344 e. The first-order valence-corrected chi connectivity index (χ1v) is 7.85. The lowest BCUT2D eigenvalue weighted by Crippen LogP contribution is -2.56. The summed E-state index contributed by atoms with van der Waals surface area (Å²) in [5, 5.41) is 10.4. The van der Waals surface area contributed by atoms with Crippen LogP contribution in [0.4, 0.5) is 0 Å². The van der Waals surface area contributed by atoms with Crippen LogP contribution in [0.2, 0.25) is 0 Å². The van der Waals surface area contributed by atoms with E-state index in [9.17, 15) is 9.59 Å². The zero-order chi connectivity index (χ0) is 14.3. The smallest absolute Gasteiger partial charge is 0.344 e. The first kappa shape index (κ1) is 13.7. The molecular formula is C12H19N5O2S. The second-order valence-electron chi connectivity index (χ2n) is 5.82. The van der Waals surface area contributed by atoms with Crippen molar-refractivity contribution in [2.45, 2.75) is 55.4 Å². The van der Waals surface area contributed by atoms with Crippen LogP contribution < -0.4 is 16.7 Å². The molecule has 0 saturated heterocycles. The fourth-order valence-corrected chi connectivity index (χ4v) is 3.24. The van der Waals surface area contributed by atoms with Gasteiger partial charge in [-0.1, -0.05) is 11.8 Å². The molecule has 1 unspecified atom stereocenters. The Kier molecular flexibility index (Phi) is 3.37. The third kappa shape index (κ3) is 2.76. The van der Waals surface area contributed by atoms with Crippen molar-refractivity contribution in [3.63, 3.8) is 0 Å². The Morgan fingerprint density at radius 3 is 2.80 bits per heavy atom. The highest BCUT2D eigenvalue weighted by molar-refractivity contribution is 7.99. The first-order chi connectivity index (χ1) is 9.49. The van der Waals surface area contributed by atoms with Crippen LogP contribution in [0.15, 0.2) is 9.95 Å². The van der Waals surface area contributed by atoms with Crippen molar-refractivity contribution >= 4 is 17.7 Å². The molecule has 4 N–H and O–H groups in total. The summed E-state index contributed by atoms with van der Waals surface area (Å²) in [5.74, 6) is 0.100. The van der Waals surface area contributed by atoms with E-state index in [4.69, 9.17) is 5.73 Å². The number of rotatable bonds is 7. The first-order valence-electron chi connectivity index (χ1n) is 6.87. The molecule has 1 aromatic rings. The third-order valence-electron chi connectivity index (χ3n) is 3.72. The normalized spacial score (nSPS) is 21.6. The Morgan fingerprint density at radius 2 is 2.25 bits per heavy atom. The number of hydrogen-bond acceptors (Lipinski definition) is 5. The van der Waals surface area contributed by atoms with Gasteiger partial charge in [-0.2, -0.15) is 0 Å². The molecule has 1 atom stereocenters. The van der Waals surface area contributed by atoms with Crippen LogP contribution >= 0.6 is 11.8 Å². The van der Waals surface area contributed by atoms with Gasteiger partial charge in [0.1, 0.15) is 5.54 Å². The minimum absolute atomic E-state index is 0.175. The lowest BCUT2D eigenvalue weighted by Gasteiger charge is -2.26. The van der Waals surface area contributed by atoms with Crippen LogP contribution in [0.1, 0.15) is 38.6 Å². The molecule has 0 spiro atoms. The van der Waals surface area contributed by atoms with E-state index in [0.29, 0.717) is 17.0 Å². The van der Waals surface area contributed by atoms with Gasteiger partial charge in [0.15, 0.2) is 5.16 Å². The highest BCUT2D eigenvalue weighted by atomic mass is 32.2. The van der Waals surface area contributed by atoms with E-state index >= 15 is 0 Å². The van der Waals surface area contributed by atoms with Gasteiger partial charge in [0.25, 0.3) is 0 Å². The van der Waals surface area contributed by atoms with Crippen LogP contribution in [0.5, 0.6) is 0 Å². The maximum atomic E-state index is 11.7. The van der Waals surface area contributed by atoms with E-state index < -0.39 is 5.54 Å². The summed E-state index contributed by atoms with van der Waals surface area (Å²) < 4.78 is 1.68. The molecule has 7 nitrogen and oxygen atoms in total. The zero-order valence-corrected chi connectivity index (χ0v) is 12.2. The Balaban J connectivity index is 1.70. The summed E-state index contributed by atoms with van der Waals surface area (Å²) in [6.45, 7) is 1.81. The molecule has 0 aliphatic heterocycles. The summed E-state index contributed by atoms with van der Waals surface area (Å²) >= 11 is 1.40. The van der Waals surface area contributed by atoms with Gasteiger partial charge >= 0.3 is 5.69 Å². The molecule has 1 amide bonds. The summed E-state index contributed by atoms with van der Waals surface area (Å²) in [6, 6.07) is 0.651. The average molecular weight is 297 g/mol. The molecular weight excluding hydrogens is 278 g/mol. The van der Waals surface area contributed by atoms with Crippen molar-refractivity contribution in [3.05, 3.63) is 10.5 Å². The number of thioether (sulfide) groups is 1. The number of primary amides is 1. The topological polar surface area (TPSA) is 106 Å². The molecule has 2 fully saturated rings. The van der Waals surface area contributed by atoms with Crippen molar-refractivity contribution in [3.8, 4) is 0 Å². The van der Waals surface area contributed by atoms with Gasteiger partial charge in [-0.15, -0.1) is 5.10 Å². The standard InChI is InChI=1S/C12H19N5O2S/c1-12(9(13)18,14-7-2-3-7)6-20-11-16-15-10(19)17(11)8-4-5-8/h7-8,14H,2-6H2,1H3,(H2,13,18)(H,15,19). The van der Waals surface area contributed by atoms with Crippen LogP contribution in [0.3, 0.4) is 0 Å². The van der Waals surface area contributed by atoms with Gasteiger partial charge in [0.05, 0.1) is 0 Å². The molecule has 0 bridgehead atoms. The van der Waals surface area contributed by atoms with E-state index in [1.807, 2.05) is 6.92 Å². The predicted octanol–water partition coefficient (Wildman–Crippen LogP) is -0.00560. The summed E-state index contributed by atoms with van der Waals surface area (Å²) in [5.41, 5.74) is 4.57. The molecule has 1 aromatic heterocycles. The number of H-pyrrole nitrogens is 1. The van der Waals surface area contributed by atoms with Crippen LogP contribution in [0, 0.1) is 0 Å². The van der Waals surface area contributed by atoms with Gasteiger partial charge in [0.2, 0.25) is 5.91 Å². The Hall–Kier alpha value is -1.28.